The number of ketones is 1. The second kappa shape index (κ2) is 12.3. The van der Waals surface area contributed by atoms with Crippen molar-refractivity contribution in [2.45, 2.75) is 26.8 Å². The normalized spacial score (nSPS) is 11.7. The molecule has 1 atom stereocenters. The van der Waals surface area contributed by atoms with Crippen LogP contribution in [-0.2, 0) is 9.59 Å². The van der Waals surface area contributed by atoms with Gasteiger partial charge in [0.2, 0.25) is 6.04 Å². The first kappa shape index (κ1) is 26.2. The lowest BCUT2D eigenvalue weighted by atomic mass is 10.2. The molecule has 0 aliphatic rings. The predicted octanol–water partition coefficient (Wildman–Crippen LogP) is 5.49. The molecule has 2 aromatic carbocycles. The fraction of sp³-hybridized carbons (Fsp3) is 0.364. The van der Waals surface area contributed by atoms with Crippen LogP contribution in [0.4, 0.5) is 11.4 Å². The van der Waals surface area contributed by atoms with Gasteiger partial charge >= 0.3 is 0 Å². The number of azo groups is 1. The van der Waals surface area contributed by atoms with Crippen LogP contribution in [0.5, 0.6) is 23.0 Å². The van der Waals surface area contributed by atoms with Crippen molar-refractivity contribution < 1.29 is 28.5 Å². The fourth-order valence-electron chi connectivity index (χ4n) is 2.79. The molecule has 0 saturated heterocycles. The number of nitrogens with one attached hydrogen (secondary N) is 1. The summed E-state index contributed by atoms with van der Waals surface area (Å²) in [5, 5.41) is 11.0. The lowest BCUT2D eigenvalue weighted by molar-refractivity contribution is -0.126. The Hall–Kier alpha value is -3.04. The Morgan fingerprint density at radius 2 is 1.70 bits per heavy atom. The van der Waals surface area contributed by atoms with Crippen LogP contribution in [0.3, 0.4) is 0 Å². The molecule has 9 nitrogen and oxygen atoms in total. The summed E-state index contributed by atoms with van der Waals surface area (Å²) in [6.45, 7) is 5.57. The van der Waals surface area contributed by atoms with E-state index in [1.165, 1.54) is 33.3 Å². The van der Waals surface area contributed by atoms with E-state index in [2.05, 4.69) is 15.5 Å². The minimum atomic E-state index is -1.42. The van der Waals surface area contributed by atoms with Gasteiger partial charge in [0.1, 0.15) is 16.5 Å². The van der Waals surface area contributed by atoms with Crippen molar-refractivity contribution in [1.29, 1.82) is 0 Å². The number of benzene rings is 2. The van der Waals surface area contributed by atoms with E-state index in [0.29, 0.717) is 36.1 Å². The molecule has 0 heterocycles. The first-order chi connectivity index (χ1) is 15.8. The molecule has 1 N–H and O–H groups in total. The van der Waals surface area contributed by atoms with E-state index in [-0.39, 0.29) is 21.5 Å². The van der Waals surface area contributed by atoms with Crippen molar-refractivity contribution in [3.05, 3.63) is 34.3 Å². The SMILES string of the molecule is CCOc1ccc(N=NC(C(C)=O)C(=O)Nc2cc(Cl)c(OC)c(OC)c2)c(OCC)c1Cl. The summed E-state index contributed by atoms with van der Waals surface area (Å²) in [5.74, 6) is 0.0702. The number of ether oxygens (including phenoxy) is 4. The summed E-state index contributed by atoms with van der Waals surface area (Å²) >= 11 is 12.5. The summed E-state index contributed by atoms with van der Waals surface area (Å²) in [7, 11) is 2.88. The number of anilines is 1. The average molecular weight is 498 g/mol. The average Bonchev–Trinajstić information content (AvgIpc) is 2.77. The molecule has 0 saturated carbocycles. The van der Waals surface area contributed by atoms with Crippen molar-refractivity contribution in [2.75, 3.05) is 32.8 Å². The third-order valence-corrected chi connectivity index (χ3v) is 4.88. The van der Waals surface area contributed by atoms with Crippen LogP contribution in [-0.4, -0.2) is 45.2 Å². The number of carbonyl (C=O) groups excluding carboxylic acids is 2. The maximum absolute atomic E-state index is 12.8. The van der Waals surface area contributed by atoms with Gasteiger partial charge in [-0.25, -0.2) is 0 Å². The zero-order valence-corrected chi connectivity index (χ0v) is 20.4. The van der Waals surface area contributed by atoms with Gasteiger partial charge in [0.25, 0.3) is 5.91 Å². The Morgan fingerprint density at radius 3 is 2.27 bits per heavy atom. The lowest BCUT2D eigenvalue weighted by Gasteiger charge is -2.14. The van der Waals surface area contributed by atoms with E-state index < -0.39 is 17.7 Å². The van der Waals surface area contributed by atoms with Crippen LogP contribution in [0.2, 0.25) is 10.0 Å². The molecule has 0 spiro atoms. The number of halogens is 2. The minimum absolute atomic E-state index is 0.221. The number of carbonyl (C=O) groups is 2. The topological polar surface area (TPSA) is 108 Å². The molecular weight excluding hydrogens is 473 g/mol. The minimum Gasteiger partial charge on any atom is -0.493 e. The third-order valence-electron chi connectivity index (χ3n) is 4.24. The number of hydrogen-bond acceptors (Lipinski definition) is 8. The van der Waals surface area contributed by atoms with Gasteiger partial charge < -0.3 is 24.3 Å². The highest BCUT2D eigenvalue weighted by Crippen LogP contribution is 2.42. The second-order valence-corrected chi connectivity index (χ2v) is 7.29. The molecule has 0 aromatic heterocycles. The van der Waals surface area contributed by atoms with E-state index >= 15 is 0 Å². The van der Waals surface area contributed by atoms with Gasteiger partial charge in [-0.2, -0.15) is 10.2 Å². The Labute approximate surface area is 202 Å². The zero-order valence-electron chi connectivity index (χ0n) is 18.9. The first-order valence-corrected chi connectivity index (χ1v) is 10.7. The molecule has 178 valence electrons. The number of nitrogens with zero attached hydrogens (tertiary/aromatic N) is 2. The monoisotopic (exact) mass is 497 g/mol. The van der Waals surface area contributed by atoms with Gasteiger partial charge in [0.05, 0.1) is 32.5 Å². The molecule has 11 heteroatoms. The van der Waals surface area contributed by atoms with Crippen LogP contribution in [0.15, 0.2) is 34.5 Å². The van der Waals surface area contributed by atoms with E-state index in [1.54, 1.807) is 19.1 Å². The molecule has 0 fully saturated rings. The van der Waals surface area contributed by atoms with Gasteiger partial charge in [-0.3, -0.25) is 9.59 Å². The molecule has 0 radical (unpaired) electrons. The Kier molecular flexibility index (Phi) is 9.74. The number of methoxy groups -OCH3 is 2. The summed E-state index contributed by atoms with van der Waals surface area (Å²) < 4.78 is 21.4. The molecule has 1 amide bonds. The van der Waals surface area contributed by atoms with Crippen molar-refractivity contribution in [2.24, 2.45) is 10.2 Å². The summed E-state index contributed by atoms with van der Waals surface area (Å²) in [4.78, 5) is 24.9. The van der Waals surface area contributed by atoms with Crippen molar-refractivity contribution in [1.82, 2.24) is 0 Å². The van der Waals surface area contributed by atoms with Gasteiger partial charge in [0, 0.05) is 11.8 Å². The van der Waals surface area contributed by atoms with Crippen LogP contribution in [0.1, 0.15) is 20.8 Å². The quantitative estimate of drug-likeness (QED) is 0.324. The third kappa shape index (κ3) is 6.49. The maximum atomic E-state index is 12.8. The van der Waals surface area contributed by atoms with E-state index in [1.807, 2.05) is 6.92 Å². The van der Waals surface area contributed by atoms with E-state index in [4.69, 9.17) is 42.1 Å². The fourth-order valence-corrected chi connectivity index (χ4v) is 3.35. The number of Topliss-reactive ketones (excluding diaryl/α,β-unsaturated/α-hetero) is 1. The van der Waals surface area contributed by atoms with Crippen molar-refractivity contribution >= 4 is 46.3 Å². The maximum Gasteiger partial charge on any atom is 0.258 e. The number of rotatable bonds is 11. The molecule has 2 aromatic rings. The smallest absolute Gasteiger partial charge is 0.258 e. The van der Waals surface area contributed by atoms with Gasteiger partial charge in [-0.15, -0.1) is 0 Å². The Morgan fingerprint density at radius 1 is 1.00 bits per heavy atom. The molecule has 0 bridgehead atoms. The van der Waals surface area contributed by atoms with Gasteiger partial charge in [-0.1, -0.05) is 23.2 Å². The van der Waals surface area contributed by atoms with Crippen LogP contribution in [0.25, 0.3) is 0 Å². The second-order valence-electron chi connectivity index (χ2n) is 6.50. The zero-order chi connectivity index (χ0) is 24.5. The molecular formula is C22H25Cl2N3O6. The standard InChI is InChI=1S/C22H25Cl2N3O6/c1-6-32-16-9-8-15(21(18(16)24)33-7-2)26-27-19(12(3)28)22(29)25-13-10-14(23)20(31-5)17(11-13)30-4/h8-11,19H,6-7H2,1-5H3,(H,25,29). The number of hydrogen-bond donors (Lipinski definition) is 1. The summed E-state index contributed by atoms with van der Waals surface area (Å²) in [6.07, 6.45) is 0. The highest BCUT2D eigenvalue weighted by Gasteiger charge is 2.25. The summed E-state index contributed by atoms with van der Waals surface area (Å²) in [5.41, 5.74) is 0.543. The predicted molar refractivity (Wildman–Crippen MR) is 126 cm³/mol. The molecule has 33 heavy (non-hydrogen) atoms. The van der Waals surface area contributed by atoms with E-state index in [9.17, 15) is 9.59 Å². The van der Waals surface area contributed by atoms with Crippen LogP contribution < -0.4 is 24.3 Å². The van der Waals surface area contributed by atoms with E-state index in [0.717, 1.165) is 0 Å². The highest BCUT2D eigenvalue weighted by atomic mass is 35.5. The summed E-state index contributed by atoms with van der Waals surface area (Å²) in [6, 6.07) is 4.74. The van der Waals surface area contributed by atoms with Gasteiger partial charge in [0.15, 0.2) is 23.0 Å². The molecule has 2 rings (SSSR count). The van der Waals surface area contributed by atoms with Crippen molar-refractivity contribution in [3.8, 4) is 23.0 Å². The Balaban J connectivity index is 2.33. The van der Waals surface area contributed by atoms with Crippen LogP contribution in [0, 0.1) is 0 Å². The van der Waals surface area contributed by atoms with Crippen molar-refractivity contribution in [3.63, 3.8) is 0 Å². The molecule has 1 unspecified atom stereocenters. The van der Waals surface area contributed by atoms with Gasteiger partial charge in [-0.05, 0) is 39.0 Å². The molecule has 0 aliphatic carbocycles. The van der Waals surface area contributed by atoms with Crippen LogP contribution >= 0.6 is 23.2 Å². The number of amides is 1. The first-order valence-electron chi connectivity index (χ1n) is 9.99. The molecule has 0 aliphatic heterocycles. The lowest BCUT2D eigenvalue weighted by Crippen LogP contribution is -2.31. The highest BCUT2D eigenvalue weighted by molar-refractivity contribution is 6.34. The largest absolute Gasteiger partial charge is 0.493 e. The Bertz CT molecular complexity index is 1050.